The SMILES string of the molecule is Cc1cc(F)c(C(=O)O)c(C(F)F)n1. The summed E-state index contributed by atoms with van der Waals surface area (Å²) in [6.07, 6.45) is -3.10. The Kier molecular flexibility index (Phi) is 2.73. The standard InChI is InChI=1S/C8H6F3NO2/c1-3-2-4(9)5(8(13)14)6(12-3)7(10)11/h2,7H,1H3,(H,13,14). The molecular weight excluding hydrogens is 199 g/mol. The molecule has 14 heavy (non-hydrogen) atoms. The predicted molar refractivity (Wildman–Crippen MR) is 40.8 cm³/mol. The highest BCUT2D eigenvalue weighted by atomic mass is 19.3. The molecule has 0 radical (unpaired) electrons. The highest BCUT2D eigenvalue weighted by Crippen LogP contribution is 2.23. The molecule has 0 saturated carbocycles. The van der Waals surface area contributed by atoms with Gasteiger partial charge >= 0.3 is 5.97 Å². The van der Waals surface area contributed by atoms with E-state index in [-0.39, 0.29) is 5.69 Å². The molecule has 1 N–H and O–H groups in total. The number of carboxylic acids is 1. The van der Waals surface area contributed by atoms with Gasteiger partial charge in [0, 0.05) is 5.69 Å². The number of carbonyl (C=O) groups is 1. The van der Waals surface area contributed by atoms with Crippen LogP contribution in [0, 0.1) is 12.7 Å². The van der Waals surface area contributed by atoms with Crippen LogP contribution < -0.4 is 0 Å². The molecule has 0 aliphatic rings. The zero-order valence-corrected chi connectivity index (χ0v) is 7.09. The van der Waals surface area contributed by atoms with Gasteiger partial charge in [0.2, 0.25) is 0 Å². The van der Waals surface area contributed by atoms with E-state index in [0.717, 1.165) is 6.07 Å². The minimum absolute atomic E-state index is 0.0165. The number of pyridine rings is 1. The first kappa shape index (κ1) is 10.5. The van der Waals surface area contributed by atoms with Crippen LogP contribution in [0.3, 0.4) is 0 Å². The van der Waals surface area contributed by atoms with Crippen molar-refractivity contribution in [2.45, 2.75) is 13.3 Å². The van der Waals surface area contributed by atoms with Gasteiger partial charge in [0.15, 0.2) is 0 Å². The third kappa shape index (κ3) is 1.84. The summed E-state index contributed by atoms with van der Waals surface area (Å²) in [5.74, 6) is -2.94. The van der Waals surface area contributed by atoms with E-state index < -0.39 is 29.5 Å². The maximum Gasteiger partial charge on any atom is 0.340 e. The smallest absolute Gasteiger partial charge is 0.340 e. The molecule has 0 atom stereocenters. The molecule has 0 unspecified atom stereocenters. The summed E-state index contributed by atoms with van der Waals surface area (Å²) >= 11 is 0. The quantitative estimate of drug-likeness (QED) is 0.804. The summed E-state index contributed by atoms with van der Waals surface area (Å²) in [5, 5.41) is 8.47. The topological polar surface area (TPSA) is 50.2 Å². The number of rotatable bonds is 2. The van der Waals surface area contributed by atoms with E-state index >= 15 is 0 Å². The third-order valence-electron chi connectivity index (χ3n) is 1.55. The first-order valence-corrected chi connectivity index (χ1v) is 3.62. The zero-order chi connectivity index (χ0) is 10.9. The van der Waals surface area contributed by atoms with E-state index in [9.17, 15) is 18.0 Å². The van der Waals surface area contributed by atoms with Gasteiger partial charge < -0.3 is 5.11 Å². The molecule has 0 saturated heterocycles. The van der Waals surface area contributed by atoms with E-state index in [1.165, 1.54) is 6.92 Å². The van der Waals surface area contributed by atoms with Gasteiger partial charge in [-0.25, -0.2) is 18.0 Å². The van der Waals surface area contributed by atoms with E-state index in [0.29, 0.717) is 0 Å². The fraction of sp³-hybridized carbons (Fsp3) is 0.250. The number of aromatic nitrogens is 1. The van der Waals surface area contributed by atoms with Crippen LogP contribution in [0.1, 0.15) is 28.2 Å². The maximum absolute atomic E-state index is 13.0. The molecule has 0 fully saturated rings. The molecule has 0 aliphatic heterocycles. The van der Waals surface area contributed by atoms with Crippen LogP contribution in [0.5, 0.6) is 0 Å². The number of halogens is 3. The van der Waals surface area contributed by atoms with E-state index in [4.69, 9.17) is 5.11 Å². The summed E-state index contributed by atoms with van der Waals surface area (Å²) in [6.45, 7) is 1.31. The average Bonchev–Trinajstić information content (AvgIpc) is 2.01. The second-order valence-electron chi connectivity index (χ2n) is 2.61. The minimum atomic E-state index is -3.10. The Balaban J connectivity index is 3.44. The van der Waals surface area contributed by atoms with Crippen molar-refractivity contribution in [2.24, 2.45) is 0 Å². The van der Waals surface area contributed by atoms with Gasteiger partial charge in [0.25, 0.3) is 6.43 Å². The number of aromatic carboxylic acids is 1. The first-order chi connectivity index (χ1) is 6.43. The summed E-state index contributed by atoms with van der Waals surface area (Å²) < 4.78 is 37.5. The normalized spacial score (nSPS) is 10.6. The lowest BCUT2D eigenvalue weighted by Crippen LogP contribution is -2.09. The fourth-order valence-electron chi connectivity index (χ4n) is 1.03. The van der Waals surface area contributed by atoms with Crippen LogP contribution in [0.2, 0.25) is 0 Å². The molecule has 0 amide bonds. The predicted octanol–water partition coefficient (Wildman–Crippen LogP) is 2.16. The molecule has 6 heteroatoms. The molecule has 76 valence electrons. The van der Waals surface area contributed by atoms with Crippen molar-refractivity contribution in [2.75, 3.05) is 0 Å². The highest BCUT2D eigenvalue weighted by molar-refractivity contribution is 5.89. The maximum atomic E-state index is 13.0. The van der Waals surface area contributed by atoms with Gasteiger partial charge in [-0.1, -0.05) is 0 Å². The lowest BCUT2D eigenvalue weighted by atomic mass is 10.1. The molecule has 0 aromatic carbocycles. The molecule has 1 rings (SSSR count). The zero-order valence-electron chi connectivity index (χ0n) is 7.09. The Morgan fingerprint density at radius 1 is 1.57 bits per heavy atom. The van der Waals surface area contributed by atoms with Crippen LogP contribution in [-0.2, 0) is 0 Å². The van der Waals surface area contributed by atoms with Crippen molar-refractivity contribution in [3.63, 3.8) is 0 Å². The van der Waals surface area contributed by atoms with Gasteiger partial charge in [0.05, 0.1) is 0 Å². The van der Waals surface area contributed by atoms with Crippen molar-refractivity contribution in [1.29, 1.82) is 0 Å². The summed E-state index contributed by atoms with van der Waals surface area (Å²) in [7, 11) is 0. The van der Waals surface area contributed by atoms with Gasteiger partial charge in [-0.2, -0.15) is 0 Å². The van der Waals surface area contributed by atoms with Crippen LogP contribution in [0.15, 0.2) is 6.07 Å². The largest absolute Gasteiger partial charge is 0.478 e. The van der Waals surface area contributed by atoms with E-state index in [1.54, 1.807) is 0 Å². The number of hydrogen-bond donors (Lipinski definition) is 1. The second kappa shape index (κ2) is 3.65. The van der Waals surface area contributed by atoms with Crippen LogP contribution in [0.4, 0.5) is 13.2 Å². The lowest BCUT2D eigenvalue weighted by molar-refractivity contribution is 0.0676. The Hall–Kier alpha value is -1.59. The fourth-order valence-corrected chi connectivity index (χ4v) is 1.03. The van der Waals surface area contributed by atoms with Gasteiger partial charge in [-0.3, -0.25) is 4.98 Å². The van der Waals surface area contributed by atoms with Crippen molar-refractivity contribution in [1.82, 2.24) is 4.98 Å². The van der Waals surface area contributed by atoms with Crippen molar-refractivity contribution in [3.05, 3.63) is 28.8 Å². The first-order valence-electron chi connectivity index (χ1n) is 3.62. The summed E-state index contributed by atoms with van der Waals surface area (Å²) in [5.41, 5.74) is -2.08. The number of carboxylic acid groups (broad SMARTS) is 1. The average molecular weight is 205 g/mol. The van der Waals surface area contributed by atoms with Crippen molar-refractivity contribution < 1.29 is 23.1 Å². The molecule has 0 bridgehead atoms. The van der Waals surface area contributed by atoms with Gasteiger partial charge in [-0.05, 0) is 13.0 Å². The third-order valence-corrected chi connectivity index (χ3v) is 1.55. The number of aryl methyl sites for hydroxylation is 1. The second-order valence-corrected chi connectivity index (χ2v) is 2.61. The molecule has 1 aromatic heterocycles. The number of hydrogen-bond acceptors (Lipinski definition) is 2. The molecule has 1 aromatic rings. The van der Waals surface area contributed by atoms with Crippen molar-refractivity contribution >= 4 is 5.97 Å². The van der Waals surface area contributed by atoms with Crippen molar-refractivity contribution in [3.8, 4) is 0 Å². The van der Waals surface area contributed by atoms with Crippen LogP contribution in [0.25, 0.3) is 0 Å². The monoisotopic (exact) mass is 205 g/mol. The molecular formula is C8H6F3NO2. The Labute approximate surface area is 77.2 Å². The summed E-state index contributed by atoms with van der Waals surface area (Å²) in [4.78, 5) is 13.7. The Bertz CT molecular complexity index is 379. The van der Waals surface area contributed by atoms with E-state index in [1.807, 2.05) is 0 Å². The molecule has 1 heterocycles. The minimum Gasteiger partial charge on any atom is -0.478 e. The number of nitrogens with zero attached hydrogens (tertiary/aromatic N) is 1. The summed E-state index contributed by atoms with van der Waals surface area (Å²) in [6, 6.07) is 0.801. The van der Waals surface area contributed by atoms with E-state index in [2.05, 4.69) is 4.98 Å². The number of alkyl halides is 2. The Morgan fingerprint density at radius 3 is 2.57 bits per heavy atom. The van der Waals surface area contributed by atoms with Crippen LogP contribution >= 0.6 is 0 Å². The lowest BCUT2D eigenvalue weighted by Gasteiger charge is -2.06. The van der Waals surface area contributed by atoms with Gasteiger partial charge in [0.1, 0.15) is 17.1 Å². The van der Waals surface area contributed by atoms with Gasteiger partial charge in [-0.15, -0.1) is 0 Å². The molecule has 0 spiro atoms. The highest BCUT2D eigenvalue weighted by Gasteiger charge is 2.24. The molecule has 0 aliphatic carbocycles. The molecule has 3 nitrogen and oxygen atoms in total. The Morgan fingerprint density at radius 2 is 2.14 bits per heavy atom. The van der Waals surface area contributed by atoms with Crippen LogP contribution in [-0.4, -0.2) is 16.1 Å².